The molecule has 6 heteroatoms. The molecule has 20 heavy (non-hydrogen) atoms. The van der Waals surface area contributed by atoms with E-state index in [0.717, 1.165) is 12.8 Å². The van der Waals surface area contributed by atoms with Crippen LogP contribution in [0.3, 0.4) is 0 Å². The van der Waals surface area contributed by atoms with E-state index in [1.807, 2.05) is 0 Å². The van der Waals surface area contributed by atoms with Crippen LogP contribution in [-0.4, -0.2) is 17.4 Å². The van der Waals surface area contributed by atoms with Gasteiger partial charge in [0, 0.05) is 18.7 Å². The Kier molecular flexibility index (Phi) is 4.28. The number of hydrogen-bond donors (Lipinski definition) is 1. The van der Waals surface area contributed by atoms with Crippen LogP contribution in [0.4, 0.5) is 5.69 Å². The normalized spacial score (nSPS) is 16.9. The molecule has 1 amide bonds. The highest BCUT2D eigenvalue weighted by molar-refractivity contribution is 6.34. The van der Waals surface area contributed by atoms with E-state index < -0.39 is 4.92 Å². The van der Waals surface area contributed by atoms with Crippen molar-refractivity contribution in [2.24, 2.45) is 5.41 Å². The van der Waals surface area contributed by atoms with Gasteiger partial charge >= 0.3 is 0 Å². The van der Waals surface area contributed by atoms with Crippen molar-refractivity contribution in [2.75, 3.05) is 6.54 Å². The van der Waals surface area contributed by atoms with Crippen molar-refractivity contribution in [2.45, 2.75) is 32.6 Å². The van der Waals surface area contributed by atoms with Crippen molar-refractivity contribution < 1.29 is 9.72 Å². The maximum absolute atomic E-state index is 12.1. The van der Waals surface area contributed by atoms with Gasteiger partial charge in [-0.25, -0.2) is 0 Å². The molecule has 0 aromatic heterocycles. The van der Waals surface area contributed by atoms with Crippen LogP contribution in [0.15, 0.2) is 18.2 Å². The minimum atomic E-state index is -0.535. The Labute approximate surface area is 122 Å². The van der Waals surface area contributed by atoms with Crippen molar-refractivity contribution >= 4 is 23.2 Å². The van der Waals surface area contributed by atoms with Crippen LogP contribution < -0.4 is 5.32 Å². The van der Waals surface area contributed by atoms with Crippen molar-refractivity contribution in [1.82, 2.24) is 5.32 Å². The number of nitro benzene ring substituents is 1. The highest BCUT2D eigenvalue weighted by Gasteiger charge is 2.29. The minimum absolute atomic E-state index is 0.105. The molecule has 1 fully saturated rings. The first-order chi connectivity index (χ1) is 9.41. The largest absolute Gasteiger partial charge is 0.351 e. The second kappa shape index (κ2) is 5.79. The van der Waals surface area contributed by atoms with E-state index in [-0.39, 0.29) is 27.6 Å². The van der Waals surface area contributed by atoms with Crippen LogP contribution in [0.1, 0.15) is 43.0 Å². The van der Waals surface area contributed by atoms with E-state index in [4.69, 9.17) is 11.6 Å². The SMILES string of the molecule is CC1(CNC(=O)c2ccc([N+](=O)[O-])cc2Cl)CCCC1. The first kappa shape index (κ1) is 14.8. The predicted octanol–water partition coefficient (Wildman–Crippen LogP) is 3.56. The van der Waals surface area contributed by atoms with E-state index in [1.54, 1.807) is 0 Å². The van der Waals surface area contributed by atoms with E-state index in [2.05, 4.69) is 12.2 Å². The second-order valence-corrected chi connectivity index (χ2v) is 6.03. The van der Waals surface area contributed by atoms with Crippen LogP contribution in [0, 0.1) is 15.5 Å². The highest BCUT2D eigenvalue weighted by atomic mass is 35.5. The topological polar surface area (TPSA) is 72.2 Å². The molecule has 1 saturated carbocycles. The second-order valence-electron chi connectivity index (χ2n) is 5.62. The molecule has 1 aliphatic carbocycles. The third-order valence-corrected chi connectivity index (χ3v) is 4.21. The van der Waals surface area contributed by atoms with Crippen LogP contribution in [-0.2, 0) is 0 Å². The lowest BCUT2D eigenvalue weighted by molar-refractivity contribution is -0.384. The lowest BCUT2D eigenvalue weighted by Gasteiger charge is -2.23. The van der Waals surface area contributed by atoms with Gasteiger partial charge in [0.15, 0.2) is 0 Å². The molecular weight excluding hydrogens is 280 g/mol. The first-order valence-electron chi connectivity index (χ1n) is 6.63. The fraction of sp³-hybridized carbons (Fsp3) is 0.500. The van der Waals surface area contributed by atoms with E-state index >= 15 is 0 Å². The Bertz CT molecular complexity index is 539. The fourth-order valence-electron chi connectivity index (χ4n) is 2.60. The molecular formula is C14H17ClN2O3. The number of carbonyl (C=O) groups excluding carboxylic acids is 1. The molecule has 2 rings (SSSR count). The first-order valence-corrected chi connectivity index (χ1v) is 7.01. The van der Waals surface area contributed by atoms with Crippen molar-refractivity contribution in [3.8, 4) is 0 Å². The standard InChI is InChI=1S/C14H17ClN2O3/c1-14(6-2-3-7-14)9-16-13(18)11-5-4-10(17(19)20)8-12(11)15/h4-5,8H,2-3,6-7,9H2,1H3,(H,16,18). The van der Waals surface area contributed by atoms with E-state index in [9.17, 15) is 14.9 Å². The maximum Gasteiger partial charge on any atom is 0.270 e. The molecule has 1 aromatic carbocycles. The summed E-state index contributed by atoms with van der Waals surface area (Å²) < 4.78 is 0. The summed E-state index contributed by atoms with van der Waals surface area (Å²) in [5.74, 6) is -0.280. The summed E-state index contributed by atoms with van der Waals surface area (Å²) in [7, 11) is 0. The number of amides is 1. The van der Waals surface area contributed by atoms with Crippen LogP contribution in [0.5, 0.6) is 0 Å². The molecule has 0 saturated heterocycles. The molecule has 1 aromatic rings. The summed E-state index contributed by atoms with van der Waals surface area (Å²) in [4.78, 5) is 22.2. The van der Waals surface area contributed by atoms with Gasteiger partial charge in [0.05, 0.1) is 15.5 Å². The number of nitrogens with one attached hydrogen (secondary N) is 1. The number of nitro groups is 1. The molecule has 0 spiro atoms. The Morgan fingerprint density at radius 3 is 2.65 bits per heavy atom. The summed E-state index contributed by atoms with van der Waals surface area (Å²) in [5, 5.41) is 13.6. The lowest BCUT2D eigenvalue weighted by atomic mass is 9.89. The van der Waals surface area contributed by atoms with Gasteiger partial charge in [-0.2, -0.15) is 0 Å². The number of halogens is 1. The lowest BCUT2D eigenvalue weighted by Crippen LogP contribution is -2.34. The maximum atomic E-state index is 12.1. The van der Waals surface area contributed by atoms with Gasteiger partial charge in [-0.1, -0.05) is 31.4 Å². The van der Waals surface area contributed by atoms with E-state index in [1.165, 1.54) is 31.0 Å². The molecule has 0 heterocycles. The van der Waals surface area contributed by atoms with E-state index in [0.29, 0.717) is 6.54 Å². The molecule has 0 bridgehead atoms. The monoisotopic (exact) mass is 296 g/mol. The van der Waals surface area contributed by atoms with Crippen molar-refractivity contribution in [3.63, 3.8) is 0 Å². The summed E-state index contributed by atoms with van der Waals surface area (Å²) in [6.07, 6.45) is 4.62. The Hall–Kier alpha value is -1.62. The van der Waals surface area contributed by atoms with Gasteiger partial charge in [0.1, 0.15) is 0 Å². The van der Waals surface area contributed by atoms with Gasteiger partial charge in [-0.3, -0.25) is 14.9 Å². The summed E-state index contributed by atoms with van der Waals surface area (Å²) in [5.41, 5.74) is 0.316. The van der Waals surface area contributed by atoms with Gasteiger partial charge < -0.3 is 5.32 Å². The summed E-state index contributed by atoms with van der Waals surface area (Å²) in [6.45, 7) is 2.77. The Morgan fingerprint density at radius 2 is 2.10 bits per heavy atom. The van der Waals surface area contributed by atoms with Crippen LogP contribution in [0.2, 0.25) is 5.02 Å². The number of carbonyl (C=O) groups is 1. The Morgan fingerprint density at radius 1 is 1.45 bits per heavy atom. The molecule has 5 nitrogen and oxygen atoms in total. The Balaban J connectivity index is 2.04. The van der Waals surface area contributed by atoms with Gasteiger partial charge in [0.2, 0.25) is 0 Å². The predicted molar refractivity (Wildman–Crippen MR) is 77.0 cm³/mol. The third kappa shape index (κ3) is 3.28. The smallest absolute Gasteiger partial charge is 0.270 e. The minimum Gasteiger partial charge on any atom is -0.351 e. The quantitative estimate of drug-likeness (QED) is 0.682. The third-order valence-electron chi connectivity index (χ3n) is 3.89. The number of nitrogens with zero attached hydrogens (tertiary/aromatic N) is 1. The zero-order chi connectivity index (χ0) is 14.8. The summed E-state index contributed by atoms with van der Waals surface area (Å²) in [6, 6.07) is 3.89. The molecule has 1 N–H and O–H groups in total. The molecule has 0 aliphatic heterocycles. The number of non-ortho nitro benzene ring substituents is 1. The zero-order valence-electron chi connectivity index (χ0n) is 11.3. The van der Waals surface area contributed by atoms with Gasteiger partial charge in [-0.15, -0.1) is 0 Å². The molecule has 108 valence electrons. The molecule has 0 unspecified atom stereocenters. The van der Waals surface area contributed by atoms with Crippen molar-refractivity contribution in [1.29, 1.82) is 0 Å². The zero-order valence-corrected chi connectivity index (χ0v) is 12.1. The molecule has 0 radical (unpaired) electrons. The number of hydrogen-bond acceptors (Lipinski definition) is 3. The number of rotatable bonds is 4. The number of benzene rings is 1. The highest BCUT2D eigenvalue weighted by Crippen LogP contribution is 2.36. The van der Waals surface area contributed by atoms with Crippen LogP contribution in [0.25, 0.3) is 0 Å². The van der Waals surface area contributed by atoms with Gasteiger partial charge in [-0.05, 0) is 24.3 Å². The van der Waals surface area contributed by atoms with Crippen molar-refractivity contribution in [3.05, 3.63) is 38.9 Å². The van der Waals surface area contributed by atoms with Crippen LogP contribution >= 0.6 is 11.6 Å². The van der Waals surface area contributed by atoms with Gasteiger partial charge in [0.25, 0.3) is 11.6 Å². The molecule has 1 aliphatic rings. The average Bonchev–Trinajstić information content (AvgIpc) is 2.83. The molecule has 0 atom stereocenters. The average molecular weight is 297 g/mol. The fourth-order valence-corrected chi connectivity index (χ4v) is 2.86. The summed E-state index contributed by atoms with van der Waals surface area (Å²) >= 11 is 5.93.